The minimum absolute atomic E-state index is 0.0705. The van der Waals surface area contributed by atoms with Gasteiger partial charge < -0.3 is 9.47 Å². The summed E-state index contributed by atoms with van der Waals surface area (Å²) in [5.41, 5.74) is -1.46. The molecule has 0 aliphatic heterocycles. The molecule has 0 aromatic carbocycles. The average molecular weight is 328 g/mol. The standard InChI is InChI=1S/C19H36O4/c1-9-11-12-22-15(20)18(6,7)13-19(8,10-2)16(21)23-14-17(3,4)5/h9-14H2,1-8H3. The summed E-state index contributed by atoms with van der Waals surface area (Å²) in [5, 5.41) is 0. The van der Waals surface area contributed by atoms with Gasteiger partial charge in [-0.3, -0.25) is 9.59 Å². The largest absolute Gasteiger partial charge is 0.465 e. The van der Waals surface area contributed by atoms with Gasteiger partial charge in [-0.1, -0.05) is 41.0 Å². The Morgan fingerprint density at radius 3 is 1.87 bits per heavy atom. The van der Waals surface area contributed by atoms with E-state index in [1.165, 1.54) is 0 Å². The zero-order chi connectivity index (χ0) is 18.3. The molecule has 0 amide bonds. The summed E-state index contributed by atoms with van der Waals surface area (Å²) in [7, 11) is 0. The van der Waals surface area contributed by atoms with Crippen molar-refractivity contribution in [2.24, 2.45) is 16.2 Å². The predicted molar refractivity (Wildman–Crippen MR) is 93.1 cm³/mol. The van der Waals surface area contributed by atoms with Crippen LogP contribution in [0.3, 0.4) is 0 Å². The number of carbonyl (C=O) groups is 2. The first-order valence-electron chi connectivity index (χ1n) is 8.72. The molecule has 0 saturated heterocycles. The first kappa shape index (κ1) is 21.9. The van der Waals surface area contributed by atoms with Crippen molar-refractivity contribution in [3.05, 3.63) is 0 Å². The summed E-state index contributed by atoms with van der Waals surface area (Å²) in [5.74, 6) is -0.474. The average Bonchev–Trinajstić information content (AvgIpc) is 2.43. The van der Waals surface area contributed by atoms with E-state index in [0.29, 0.717) is 26.1 Å². The third kappa shape index (κ3) is 7.85. The van der Waals surface area contributed by atoms with Crippen LogP contribution in [-0.2, 0) is 19.1 Å². The van der Waals surface area contributed by atoms with Crippen LogP contribution in [0.4, 0.5) is 0 Å². The fourth-order valence-electron chi connectivity index (χ4n) is 2.35. The molecule has 1 atom stereocenters. The summed E-state index contributed by atoms with van der Waals surface area (Å²) in [6.45, 7) is 16.5. The fraction of sp³-hybridized carbons (Fsp3) is 0.895. The van der Waals surface area contributed by atoms with Crippen LogP contribution >= 0.6 is 0 Å². The van der Waals surface area contributed by atoms with Crippen molar-refractivity contribution >= 4 is 11.9 Å². The molecule has 0 aliphatic rings. The fourth-order valence-corrected chi connectivity index (χ4v) is 2.35. The van der Waals surface area contributed by atoms with E-state index in [4.69, 9.17) is 9.47 Å². The summed E-state index contributed by atoms with van der Waals surface area (Å²) < 4.78 is 10.8. The first-order chi connectivity index (χ1) is 10.4. The molecule has 4 nitrogen and oxygen atoms in total. The molecule has 0 rings (SSSR count). The Morgan fingerprint density at radius 1 is 0.870 bits per heavy atom. The highest BCUT2D eigenvalue weighted by molar-refractivity contribution is 5.80. The van der Waals surface area contributed by atoms with Gasteiger partial charge in [0.05, 0.1) is 24.0 Å². The Bertz CT molecular complexity index is 393. The molecule has 136 valence electrons. The van der Waals surface area contributed by atoms with E-state index in [2.05, 4.69) is 6.92 Å². The van der Waals surface area contributed by atoms with Gasteiger partial charge in [0.25, 0.3) is 0 Å². The Balaban J connectivity index is 4.86. The van der Waals surface area contributed by atoms with Crippen molar-refractivity contribution in [2.45, 2.75) is 81.1 Å². The quantitative estimate of drug-likeness (QED) is 0.452. The molecule has 4 heteroatoms. The van der Waals surface area contributed by atoms with Crippen LogP contribution in [-0.4, -0.2) is 25.2 Å². The summed E-state index contributed by atoms with van der Waals surface area (Å²) >= 11 is 0. The van der Waals surface area contributed by atoms with Crippen molar-refractivity contribution in [3.63, 3.8) is 0 Å². The van der Waals surface area contributed by atoms with Crippen LogP contribution in [0.15, 0.2) is 0 Å². The third-order valence-corrected chi connectivity index (χ3v) is 4.03. The second kappa shape index (κ2) is 8.70. The Labute approximate surface area is 142 Å². The van der Waals surface area contributed by atoms with Crippen molar-refractivity contribution < 1.29 is 19.1 Å². The van der Waals surface area contributed by atoms with Crippen LogP contribution in [0, 0.1) is 16.2 Å². The van der Waals surface area contributed by atoms with Gasteiger partial charge in [-0.25, -0.2) is 0 Å². The Hall–Kier alpha value is -1.06. The molecule has 0 spiro atoms. The Morgan fingerprint density at radius 2 is 1.43 bits per heavy atom. The number of hydrogen-bond donors (Lipinski definition) is 0. The monoisotopic (exact) mass is 328 g/mol. The molecule has 0 saturated carbocycles. The molecule has 1 unspecified atom stereocenters. The van der Waals surface area contributed by atoms with Crippen LogP contribution in [0.2, 0.25) is 0 Å². The lowest BCUT2D eigenvalue weighted by molar-refractivity contribution is -0.165. The van der Waals surface area contributed by atoms with Gasteiger partial charge >= 0.3 is 11.9 Å². The van der Waals surface area contributed by atoms with E-state index in [9.17, 15) is 9.59 Å². The van der Waals surface area contributed by atoms with Crippen LogP contribution in [0.1, 0.15) is 81.1 Å². The van der Waals surface area contributed by atoms with E-state index >= 15 is 0 Å². The van der Waals surface area contributed by atoms with Crippen LogP contribution in [0.5, 0.6) is 0 Å². The van der Waals surface area contributed by atoms with E-state index < -0.39 is 10.8 Å². The number of esters is 2. The molecule has 0 fully saturated rings. The van der Waals surface area contributed by atoms with Gasteiger partial charge in [0, 0.05) is 0 Å². The van der Waals surface area contributed by atoms with E-state index in [0.717, 1.165) is 12.8 Å². The molecule has 0 N–H and O–H groups in total. The SMILES string of the molecule is CCCCOC(=O)C(C)(C)CC(C)(CC)C(=O)OCC(C)(C)C. The zero-order valence-electron chi connectivity index (χ0n) is 16.4. The minimum Gasteiger partial charge on any atom is -0.465 e. The topological polar surface area (TPSA) is 52.6 Å². The van der Waals surface area contributed by atoms with Crippen LogP contribution in [0.25, 0.3) is 0 Å². The first-order valence-corrected chi connectivity index (χ1v) is 8.72. The van der Waals surface area contributed by atoms with E-state index in [1.54, 1.807) is 0 Å². The molecule has 0 aromatic rings. The molecule has 0 radical (unpaired) electrons. The van der Waals surface area contributed by atoms with Gasteiger partial charge in [0.1, 0.15) is 0 Å². The predicted octanol–water partition coefficient (Wildman–Crippen LogP) is 4.75. The maximum Gasteiger partial charge on any atom is 0.311 e. The zero-order valence-corrected chi connectivity index (χ0v) is 16.4. The number of carbonyl (C=O) groups excluding carboxylic acids is 2. The Kier molecular flexibility index (Phi) is 8.30. The molecular weight excluding hydrogens is 292 g/mol. The second-order valence-corrected chi connectivity index (χ2v) is 8.60. The van der Waals surface area contributed by atoms with Gasteiger partial charge in [-0.2, -0.15) is 0 Å². The highest BCUT2D eigenvalue weighted by Gasteiger charge is 2.43. The molecule has 0 bridgehead atoms. The van der Waals surface area contributed by atoms with Crippen molar-refractivity contribution in [3.8, 4) is 0 Å². The highest BCUT2D eigenvalue weighted by Crippen LogP contribution is 2.38. The van der Waals surface area contributed by atoms with Crippen molar-refractivity contribution in [1.82, 2.24) is 0 Å². The van der Waals surface area contributed by atoms with Crippen molar-refractivity contribution in [1.29, 1.82) is 0 Å². The molecule has 0 aromatic heterocycles. The number of unbranched alkanes of at least 4 members (excludes halogenated alkanes) is 1. The number of hydrogen-bond acceptors (Lipinski definition) is 4. The maximum atomic E-state index is 12.5. The lowest BCUT2D eigenvalue weighted by Crippen LogP contribution is -2.39. The molecule has 0 aliphatic carbocycles. The molecule has 0 heterocycles. The minimum atomic E-state index is -0.709. The van der Waals surface area contributed by atoms with Gasteiger partial charge in [-0.05, 0) is 45.4 Å². The van der Waals surface area contributed by atoms with Gasteiger partial charge in [0.15, 0.2) is 0 Å². The summed E-state index contributed by atoms with van der Waals surface area (Å²) in [6.07, 6.45) is 2.89. The lowest BCUT2D eigenvalue weighted by Gasteiger charge is -2.34. The normalized spacial score (nSPS) is 15.0. The maximum absolute atomic E-state index is 12.5. The van der Waals surface area contributed by atoms with Gasteiger partial charge in [0.2, 0.25) is 0 Å². The molecular formula is C19H36O4. The van der Waals surface area contributed by atoms with Crippen molar-refractivity contribution in [2.75, 3.05) is 13.2 Å². The van der Waals surface area contributed by atoms with E-state index in [1.807, 2.05) is 48.5 Å². The summed E-state index contributed by atoms with van der Waals surface area (Å²) in [4.78, 5) is 24.8. The highest BCUT2D eigenvalue weighted by atomic mass is 16.5. The number of rotatable bonds is 9. The van der Waals surface area contributed by atoms with Crippen LogP contribution < -0.4 is 0 Å². The van der Waals surface area contributed by atoms with E-state index in [-0.39, 0.29) is 17.4 Å². The summed E-state index contributed by atoms with van der Waals surface area (Å²) in [6, 6.07) is 0. The third-order valence-electron chi connectivity index (χ3n) is 4.03. The number of ether oxygens (including phenoxy) is 2. The van der Waals surface area contributed by atoms with Gasteiger partial charge in [-0.15, -0.1) is 0 Å². The second-order valence-electron chi connectivity index (χ2n) is 8.60. The lowest BCUT2D eigenvalue weighted by atomic mass is 9.72. The molecule has 23 heavy (non-hydrogen) atoms. The smallest absolute Gasteiger partial charge is 0.311 e.